The van der Waals surface area contributed by atoms with Gasteiger partial charge in [-0.1, -0.05) is 30.3 Å². The van der Waals surface area contributed by atoms with E-state index in [-0.39, 0.29) is 17.7 Å². The predicted octanol–water partition coefficient (Wildman–Crippen LogP) is 1.52. The molecule has 2 rings (SSSR count). The Morgan fingerprint density at radius 2 is 1.95 bits per heavy atom. The largest absolute Gasteiger partial charge is 0.352 e. The number of nitrogens with one attached hydrogen (secondary N) is 1. The van der Waals surface area contributed by atoms with Gasteiger partial charge >= 0.3 is 0 Å². The quantitative estimate of drug-likeness (QED) is 0.492. The van der Waals surface area contributed by atoms with Crippen molar-refractivity contribution in [2.75, 3.05) is 13.1 Å². The number of hydrogen-bond donors (Lipinski definition) is 1. The van der Waals surface area contributed by atoms with E-state index >= 15 is 0 Å². The summed E-state index contributed by atoms with van der Waals surface area (Å²) >= 11 is 0. The number of carbonyl (C=O) groups is 3. The lowest BCUT2D eigenvalue weighted by atomic mass is 10.2. The topological polar surface area (TPSA) is 66.5 Å². The van der Waals surface area contributed by atoms with E-state index in [4.69, 9.17) is 0 Å². The molecule has 0 radical (unpaired) electrons. The first-order chi connectivity index (χ1) is 10.6. The van der Waals surface area contributed by atoms with Crippen LogP contribution in [0.15, 0.2) is 48.1 Å². The standard InChI is InChI=1S/C17H18N2O3/c1-13-12-16(21)19(17(13)22)11-5-10-18-15(20)9-8-14-6-3-2-4-7-14/h2-4,6-9,12H,5,10-11H2,1H3,(H,18,20)/b9-8+. The molecule has 0 atom stereocenters. The molecule has 0 saturated carbocycles. The van der Waals surface area contributed by atoms with Crippen LogP contribution in [0, 0.1) is 0 Å². The summed E-state index contributed by atoms with van der Waals surface area (Å²) in [6, 6.07) is 9.53. The third-order valence-electron chi connectivity index (χ3n) is 3.27. The highest BCUT2D eigenvalue weighted by atomic mass is 16.2. The first-order valence-corrected chi connectivity index (χ1v) is 7.13. The molecule has 0 fully saturated rings. The van der Waals surface area contributed by atoms with Crippen LogP contribution in [-0.4, -0.2) is 35.7 Å². The van der Waals surface area contributed by atoms with E-state index in [9.17, 15) is 14.4 Å². The molecule has 22 heavy (non-hydrogen) atoms. The smallest absolute Gasteiger partial charge is 0.256 e. The van der Waals surface area contributed by atoms with Crippen LogP contribution in [0.3, 0.4) is 0 Å². The molecule has 0 spiro atoms. The summed E-state index contributed by atoms with van der Waals surface area (Å²) in [4.78, 5) is 36.0. The predicted molar refractivity (Wildman–Crippen MR) is 83.6 cm³/mol. The van der Waals surface area contributed by atoms with Crippen molar-refractivity contribution in [3.63, 3.8) is 0 Å². The van der Waals surface area contributed by atoms with Crippen molar-refractivity contribution in [2.45, 2.75) is 13.3 Å². The van der Waals surface area contributed by atoms with Crippen molar-refractivity contribution in [2.24, 2.45) is 0 Å². The van der Waals surface area contributed by atoms with Crippen molar-refractivity contribution >= 4 is 23.8 Å². The molecule has 0 unspecified atom stereocenters. The first kappa shape index (κ1) is 15.7. The van der Waals surface area contributed by atoms with E-state index in [1.54, 1.807) is 13.0 Å². The van der Waals surface area contributed by atoms with Crippen molar-refractivity contribution in [3.8, 4) is 0 Å². The summed E-state index contributed by atoms with van der Waals surface area (Å²) in [6.45, 7) is 2.35. The Morgan fingerprint density at radius 1 is 1.23 bits per heavy atom. The van der Waals surface area contributed by atoms with E-state index in [1.165, 1.54) is 17.1 Å². The molecule has 114 valence electrons. The lowest BCUT2D eigenvalue weighted by Crippen LogP contribution is -2.34. The van der Waals surface area contributed by atoms with Crippen LogP contribution < -0.4 is 5.32 Å². The van der Waals surface area contributed by atoms with Crippen LogP contribution in [0.1, 0.15) is 18.9 Å². The van der Waals surface area contributed by atoms with E-state index in [0.717, 1.165) is 5.56 Å². The zero-order valence-corrected chi connectivity index (χ0v) is 12.4. The van der Waals surface area contributed by atoms with Gasteiger partial charge in [0.15, 0.2) is 0 Å². The Kier molecular flexibility index (Phi) is 5.25. The van der Waals surface area contributed by atoms with Crippen molar-refractivity contribution < 1.29 is 14.4 Å². The minimum Gasteiger partial charge on any atom is -0.352 e. The van der Waals surface area contributed by atoms with Gasteiger partial charge in [0.1, 0.15) is 0 Å². The summed E-state index contributed by atoms with van der Waals surface area (Å²) in [5.74, 6) is -0.727. The number of carbonyl (C=O) groups excluding carboxylic acids is 3. The monoisotopic (exact) mass is 298 g/mol. The molecule has 1 heterocycles. The molecule has 5 nitrogen and oxygen atoms in total. The summed E-state index contributed by atoms with van der Waals surface area (Å²) in [7, 11) is 0. The normalized spacial score (nSPS) is 14.6. The molecule has 1 aromatic rings. The second-order valence-electron chi connectivity index (χ2n) is 5.01. The molecule has 0 aliphatic carbocycles. The van der Waals surface area contributed by atoms with Gasteiger partial charge in [-0.05, 0) is 25.0 Å². The fourth-order valence-corrected chi connectivity index (χ4v) is 2.09. The van der Waals surface area contributed by atoms with Gasteiger partial charge in [-0.15, -0.1) is 0 Å². The zero-order chi connectivity index (χ0) is 15.9. The molecule has 5 heteroatoms. The molecular weight excluding hydrogens is 280 g/mol. The third kappa shape index (κ3) is 4.15. The summed E-state index contributed by atoms with van der Waals surface area (Å²) in [5.41, 5.74) is 1.41. The molecule has 0 saturated heterocycles. The SMILES string of the molecule is CC1=CC(=O)N(CCCNC(=O)/C=C/c2ccccc2)C1=O. The van der Waals surface area contributed by atoms with Crippen LogP contribution in [0.25, 0.3) is 6.08 Å². The number of nitrogens with zero attached hydrogens (tertiary/aromatic N) is 1. The highest BCUT2D eigenvalue weighted by molar-refractivity contribution is 6.15. The third-order valence-corrected chi connectivity index (χ3v) is 3.27. The Balaban J connectivity index is 1.69. The van der Waals surface area contributed by atoms with Gasteiger partial charge in [0.05, 0.1) is 0 Å². The second kappa shape index (κ2) is 7.36. The molecular formula is C17H18N2O3. The Labute approximate surface area is 129 Å². The van der Waals surface area contributed by atoms with Crippen LogP contribution in [0.5, 0.6) is 0 Å². The molecule has 0 aromatic heterocycles. The van der Waals surface area contributed by atoms with Gasteiger partial charge in [0.25, 0.3) is 11.8 Å². The average Bonchev–Trinajstić information content (AvgIpc) is 2.76. The van der Waals surface area contributed by atoms with E-state index in [1.807, 2.05) is 30.3 Å². The van der Waals surface area contributed by atoms with Crippen LogP contribution in [0.4, 0.5) is 0 Å². The van der Waals surface area contributed by atoms with E-state index in [2.05, 4.69) is 5.32 Å². The Morgan fingerprint density at radius 3 is 2.59 bits per heavy atom. The van der Waals surface area contributed by atoms with Crippen LogP contribution in [0.2, 0.25) is 0 Å². The maximum Gasteiger partial charge on any atom is 0.256 e. The average molecular weight is 298 g/mol. The number of hydrogen-bond acceptors (Lipinski definition) is 3. The van der Waals surface area contributed by atoms with Gasteiger partial charge in [0, 0.05) is 30.8 Å². The Bertz CT molecular complexity index is 633. The van der Waals surface area contributed by atoms with Crippen LogP contribution in [-0.2, 0) is 14.4 Å². The number of rotatable bonds is 6. The number of imide groups is 1. The van der Waals surface area contributed by atoms with E-state index < -0.39 is 0 Å². The summed E-state index contributed by atoms with van der Waals surface area (Å²) < 4.78 is 0. The minimum atomic E-state index is -0.280. The van der Waals surface area contributed by atoms with Gasteiger partial charge in [-0.25, -0.2) is 0 Å². The van der Waals surface area contributed by atoms with Gasteiger partial charge in [-0.2, -0.15) is 0 Å². The van der Waals surface area contributed by atoms with Gasteiger partial charge in [0.2, 0.25) is 5.91 Å². The highest BCUT2D eigenvalue weighted by Gasteiger charge is 2.27. The summed E-state index contributed by atoms with van der Waals surface area (Å²) in [6.07, 6.45) is 5.07. The fourth-order valence-electron chi connectivity index (χ4n) is 2.09. The highest BCUT2D eigenvalue weighted by Crippen LogP contribution is 2.11. The second-order valence-corrected chi connectivity index (χ2v) is 5.01. The van der Waals surface area contributed by atoms with Crippen molar-refractivity contribution in [1.29, 1.82) is 0 Å². The van der Waals surface area contributed by atoms with Crippen molar-refractivity contribution in [1.82, 2.24) is 10.2 Å². The first-order valence-electron chi connectivity index (χ1n) is 7.13. The van der Waals surface area contributed by atoms with E-state index in [0.29, 0.717) is 25.1 Å². The summed E-state index contributed by atoms with van der Waals surface area (Å²) in [5, 5.41) is 2.73. The maximum atomic E-state index is 11.6. The number of amides is 3. The van der Waals surface area contributed by atoms with Crippen molar-refractivity contribution in [3.05, 3.63) is 53.6 Å². The molecule has 1 N–H and O–H groups in total. The molecule has 0 bridgehead atoms. The molecule has 1 aliphatic heterocycles. The lowest BCUT2D eigenvalue weighted by Gasteiger charge is -2.13. The lowest BCUT2D eigenvalue weighted by molar-refractivity contribution is -0.137. The van der Waals surface area contributed by atoms with Gasteiger partial charge < -0.3 is 5.32 Å². The minimum absolute atomic E-state index is 0.197. The van der Waals surface area contributed by atoms with Gasteiger partial charge in [-0.3, -0.25) is 19.3 Å². The molecule has 1 aromatic carbocycles. The molecule has 3 amide bonds. The van der Waals surface area contributed by atoms with Crippen LogP contribution >= 0.6 is 0 Å². The maximum absolute atomic E-state index is 11.6. The zero-order valence-electron chi connectivity index (χ0n) is 12.4. The molecule has 1 aliphatic rings. The fraction of sp³-hybridized carbons (Fsp3) is 0.235. The Hall–Kier alpha value is -2.69. The number of benzene rings is 1.